The van der Waals surface area contributed by atoms with Crippen LogP contribution < -0.4 is 10.6 Å². The van der Waals surface area contributed by atoms with E-state index in [2.05, 4.69) is 32.8 Å². The number of rotatable bonds is 6. The number of benzene rings is 1. The Kier molecular flexibility index (Phi) is 5.63. The van der Waals surface area contributed by atoms with Crippen molar-refractivity contribution in [2.75, 3.05) is 6.54 Å². The van der Waals surface area contributed by atoms with E-state index in [0.29, 0.717) is 6.54 Å². The molecule has 0 aliphatic heterocycles. The van der Waals surface area contributed by atoms with Crippen molar-refractivity contribution >= 4 is 6.03 Å². The van der Waals surface area contributed by atoms with Crippen LogP contribution in [0.15, 0.2) is 60.9 Å². The second-order valence-corrected chi connectivity index (χ2v) is 6.14. The van der Waals surface area contributed by atoms with Crippen LogP contribution in [0.25, 0.3) is 5.82 Å². The number of carbonyl (C=O) groups excluding carboxylic acids is 1. The van der Waals surface area contributed by atoms with Crippen LogP contribution in [0.2, 0.25) is 0 Å². The minimum Gasteiger partial charge on any atom is -0.338 e. The molecule has 3 rings (SSSR count). The normalized spacial score (nSPS) is 11.8. The predicted octanol–water partition coefficient (Wildman–Crippen LogP) is 3.18. The van der Waals surface area contributed by atoms with Crippen LogP contribution in [-0.4, -0.2) is 27.3 Å². The molecule has 0 aliphatic rings. The van der Waals surface area contributed by atoms with E-state index < -0.39 is 0 Å². The topological polar surface area (TPSA) is 71.8 Å². The molecule has 0 bridgehead atoms. The summed E-state index contributed by atoms with van der Waals surface area (Å²) in [5.74, 6) is 0.760. The van der Waals surface area contributed by atoms with Crippen molar-refractivity contribution in [2.45, 2.75) is 26.3 Å². The standard InChI is InChI=1S/C20H23N5O/c1-15(24-20(26)22-13-11-17-8-4-3-5-9-17)18-14-23-25(16(18)2)19-10-6-7-12-21-19/h3-10,12,14-15H,11,13H2,1-2H3,(H2,22,24,26)/t15-/m0/s1. The average molecular weight is 349 g/mol. The van der Waals surface area contributed by atoms with E-state index in [0.717, 1.165) is 23.5 Å². The fraction of sp³-hybridized carbons (Fsp3) is 0.250. The molecule has 2 heterocycles. The van der Waals surface area contributed by atoms with Gasteiger partial charge in [0.1, 0.15) is 0 Å². The lowest BCUT2D eigenvalue weighted by molar-refractivity contribution is 0.238. The monoisotopic (exact) mass is 349 g/mol. The van der Waals surface area contributed by atoms with Gasteiger partial charge in [-0.2, -0.15) is 5.10 Å². The molecule has 0 unspecified atom stereocenters. The fourth-order valence-corrected chi connectivity index (χ4v) is 2.85. The summed E-state index contributed by atoms with van der Waals surface area (Å²) in [7, 11) is 0. The van der Waals surface area contributed by atoms with Gasteiger partial charge in [0.25, 0.3) is 0 Å². The maximum absolute atomic E-state index is 12.1. The van der Waals surface area contributed by atoms with Crippen LogP contribution in [0, 0.1) is 6.92 Å². The Bertz CT molecular complexity index is 845. The number of aromatic nitrogens is 3. The van der Waals surface area contributed by atoms with E-state index in [1.54, 1.807) is 17.1 Å². The maximum Gasteiger partial charge on any atom is 0.315 e. The molecule has 1 aromatic carbocycles. The minimum absolute atomic E-state index is 0.149. The van der Waals surface area contributed by atoms with Crippen molar-refractivity contribution in [3.63, 3.8) is 0 Å². The molecule has 1 atom stereocenters. The summed E-state index contributed by atoms with van der Waals surface area (Å²) in [6.45, 7) is 4.51. The van der Waals surface area contributed by atoms with Gasteiger partial charge in [-0.1, -0.05) is 36.4 Å². The van der Waals surface area contributed by atoms with Crippen LogP contribution in [0.5, 0.6) is 0 Å². The van der Waals surface area contributed by atoms with Crippen LogP contribution in [0.1, 0.15) is 29.8 Å². The van der Waals surface area contributed by atoms with Gasteiger partial charge in [-0.05, 0) is 38.0 Å². The molecular formula is C20H23N5O. The molecular weight excluding hydrogens is 326 g/mol. The molecule has 2 N–H and O–H groups in total. The highest BCUT2D eigenvalue weighted by atomic mass is 16.2. The number of nitrogens with zero attached hydrogens (tertiary/aromatic N) is 3. The molecule has 0 spiro atoms. The smallest absolute Gasteiger partial charge is 0.315 e. The lowest BCUT2D eigenvalue weighted by atomic mass is 10.1. The average Bonchev–Trinajstić information content (AvgIpc) is 3.05. The minimum atomic E-state index is -0.182. The molecule has 6 nitrogen and oxygen atoms in total. The third-order valence-electron chi connectivity index (χ3n) is 4.27. The van der Waals surface area contributed by atoms with Gasteiger partial charge in [0.2, 0.25) is 0 Å². The quantitative estimate of drug-likeness (QED) is 0.718. The highest BCUT2D eigenvalue weighted by Crippen LogP contribution is 2.19. The summed E-state index contributed by atoms with van der Waals surface area (Å²) < 4.78 is 1.78. The summed E-state index contributed by atoms with van der Waals surface area (Å²) >= 11 is 0. The molecule has 0 radical (unpaired) electrons. The number of carbonyl (C=O) groups is 1. The molecule has 26 heavy (non-hydrogen) atoms. The number of nitrogens with one attached hydrogen (secondary N) is 2. The third-order valence-corrected chi connectivity index (χ3v) is 4.27. The maximum atomic E-state index is 12.1. The van der Waals surface area contributed by atoms with Crippen molar-refractivity contribution in [1.29, 1.82) is 0 Å². The summed E-state index contributed by atoms with van der Waals surface area (Å²) in [5, 5.41) is 10.3. The lowest BCUT2D eigenvalue weighted by Crippen LogP contribution is -2.38. The van der Waals surface area contributed by atoms with Gasteiger partial charge in [0.15, 0.2) is 5.82 Å². The molecule has 2 amide bonds. The van der Waals surface area contributed by atoms with E-state index in [9.17, 15) is 4.79 Å². The Morgan fingerprint density at radius 3 is 2.65 bits per heavy atom. The summed E-state index contributed by atoms with van der Waals surface area (Å²) in [5.41, 5.74) is 3.13. The summed E-state index contributed by atoms with van der Waals surface area (Å²) in [6.07, 6.45) is 4.32. The Labute approximate surface area is 153 Å². The van der Waals surface area contributed by atoms with Crippen LogP contribution in [0.3, 0.4) is 0 Å². The molecule has 134 valence electrons. The van der Waals surface area contributed by atoms with Gasteiger partial charge in [-0.25, -0.2) is 14.5 Å². The van der Waals surface area contributed by atoms with E-state index in [1.807, 2.05) is 50.2 Å². The second-order valence-electron chi connectivity index (χ2n) is 6.14. The Balaban J connectivity index is 1.55. The number of pyridine rings is 1. The van der Waals surface area contributed by atoms with E-state index in [4.69, 9.17) is 0 Å². The first-order valence-corrected chi connectivity index (χ1v) is 8.69. The van der Waals surface area contributed by atoms with Crippen molar-refractivity contribution < 1.29 is 4.79 Å². The first-order chi connectivity index (χ1) is 12.6. The van der Waals surface area contributed by atoms with Crippen molar-refractivity contribution in [2.24, 2.45) is 0 Å². The molecule has 0 saturated carbocycles. The van der Waals surface area contributed by atoms with Gasteiger partial charge in [0.05, 0.1) is 12.2 Å². The summed E-state index contributed by atoms with van der Waals surface area (Å²) in [6, 6.07) is 15.5. The molecule has 2 aromatic heterocycles. The number of hydrogen-bond acceptors (Lipinski definition) is 3. The predicted molar refractivity (Wildman–Crippen MR) is 101 cm³/mol. The van der Waals surface area contributed by atoms with E-state index in [1.165, 1.54) is 5.56 Å². The van der Waals surface area contributed by atoms with Crippen LogP contribution in [-0.2, 0) is 6.42 Å². The van der Waals surface area contributed by atoms with Gasteiger partial charge in [0, 0.05) is 24.0 Å². The highest BCUT2D eigenvalue weighted by molar-refractivity contribution is 5.74. The first-order valence-electron chi connectivity index (χ1n) is 8.69. The Morgan fingerprint density at radius 1 is 1.15 bits per heavy atom. The van der Waals surface area contributed by atoms with Gasteiger partial charge in [-0.15, -0.1) is 0 Å². The zero-order valence-electron chi connectivity index (χ0n) is 15.0. The van der Waals surface area contributed by atoms with E-state index in [-0.39, 0.29) is 12.1 Å². The van der Waals surface area contributed by atoms with Crippen molar-refractivity contribution in [3.8, 4) is 5.82 Å². The summed E-state index contributed by atoms with van der Waals surface area (Å²) in [4.78, 5) is 16.5. The largest absolute Gasteiger partial charge is 0.338 e. The second kappa shape index (κ2) is 8.29. The number of amides is 2. The first kappa shape index (κ1) is 17.7. The zero-order chi connectivity index (χ0) is 18.4. The zero-order valence-corrected chi connectivity index (χ0v) is 15.0. The number of urea groups is 1. The molecule has 0 fully saturated rings. The van der Waals surface area contributed by atoms with E-state index >= 15 is 0 Å². The van der Waals surface area contributed by atoms with Crippen LogP contribution >= 0.6 is 0 Å². The molecule has 6 heteroatoms. The molecule has 0 saturated heterocycles. The van der Waals surface area contributed by atoms with Crippen molar-refractivity contribution in [3.05, 3.63) is 77.7 Å². The van der Waals surface area contributed by atoms with Gasteiger partial charge in [-0.3, -0.25) is 0 Å². The molecule has 3 aromatic rings. The van der Waals surface area contributed by atoms with Crippen LogP contribution in [0.4, 0.5) is 4.79 Å². The Hall–Kier alpha value is -3.15. The Morgan fingerprint density at radius 2 is 1.92 bits per heavy atom. The third kappa shape index (κ3) is 4.27. The van der Waals surface area contributed by atoms with Gasteiger partial charge >= 0.3 is 6.03 Å². The fourth-order valence-electron chi connectivity index (χ4n) is 2.85. The number of hydrogen-bond donors (Lipinski definition) is 2. The van der Waals surface area contributed by atoms with Gasteiger partial charge < -0.3 is 10.6 Å². The van der Waals surface area contributed by atoms with Crippen molar-refractivity contribution in [1.82, 2.24) is 25.4 Å². The molecule has 0 aliphatic carbocycles. The highest BCUT2D eigenvalue weighted by Gasteiger charge is 2.16. The lowest BCUT2D eigenvalue weighted by Gasteiger charge is -2.15. The SMILES string of the molecule is Cc1c([C@H](C)NC(=O)NCCc2ccccc2)cnn1-c1ccccn1.